The van der Waals surface area contributed by atoms with Crippen LogP contribution < -0.4 is 19.8 Å². The summed E-state index contributed by atoms with van der Waals surface area (Å²) in [6.07, 6.45) is 0. The lowest BCUT2D eigenvalue weighted by atomic mass is 10.1. The lowest BCUT2D eigenvalue weighted by Crippen LogP contribution is -2.27. The van der Waals surface area contributed by atoms with Gasteiger partial charge in [0.05, 0.1) is 23.4 Å². The number of nitrogens with one attached hydrogen (secondary N) is 2. The molecule has 0 bridgehead atoms. The SMILES string of the molecule is COc1ccc(S(=O)(=O)Nc2ccc(-c3csc(N=NNc4ccc(N(CCCl)CCCl)cc4)n3)cc2)cc1. The van der Waals surface area contributed by atoms with Gasteiger partial charge in [-0.1, -0.05) is 17.4 Å². The van der Waals surface area contributed by atoms with Gasteiger partial charge in [-0.2, -0.15) is 0 Å². The molecule has 4 aromatic rings. The smallest absolute Gasteiger partial charge is 0.261 e. The summed E-state index contributed by atoms with van der Waals surface area (Å²) < 4.78 is 33.0. The predicted octanol–water partition coefficient (Wildman–Crippen LogP) is 7.01. The fraction of sp³-hybridized carbons (Fsp3) is 0.192. The Hall–Kier alpha value is -3.38. The Morgan fingerprint density at radius 1 is 0.923 bits per heavy atom. The molecule has 13 heteroatoms. The molecule has 3 aromatic carbocycles. The Labute approximate surface area is 241 Å². The van der Waals surface area contributed by atoms with Crippen LogP contribution in [0.25, 0.3) is 11.3 Å². The van der Waals surface area contributed by atoms with Crippen LogP contribution in [0.4, 0.5) is 22.2 Å². The highest BCUT2D eigenvalue weighted by molar-refractivity contribution is 7.92. The molecular formula is C26H26Cl2N6O3S2. The molecule has 0 spiro atoms. The van der Waals surface area contributed by atoms with E-state index in [1.165, 1.54) is 30.6 Å². The van der Waals surface area contributed by atoms with E-state index in [0.717, 1.165) is 30.0 Å². The molecule has 1 aromatic heterocycles. The molecule has 9 nitrogen and oxygen atoms in total. The molecule has 0 amide bonds. The maximum atomic E-state index is 12.7. The van der Waals surface area contributed by atoms with Crippen LogP contribution in [0, 0.1) is 0 Å². The third-order valence-corrected chi connectivity index (χ3v) is 8.01. The second-order valence-electron chi connectivity index (χ2n) is 8.10. The number of rotatable bonds is 13. The molecule has 4 rings (SSSR count). The number of methoxy groups -OCH3 is 1. The topological polar surface area (TPSA) is 108 Å². The van der Waals surface area contributed by atoms with Gasteiger partial charge in [0.25, 0.3) is 10.0 Å². The van der Waals surface area contributed by atoms with Crippen molar-refractivity contribution in [2.24, 2.45) is 10.3 Å². The van der Waals surface area contributed by atoms with Gasteiger partial charge in [-0.05, 0) is 60.7 Å². The molecular weight excluding hydrogens is 579 g/mol. The summed E-state index contributed by atoms with van der Waals surface area (Å²) in [6.45, 7) is 1.43. The van der Waals surface area contributed by atoms with Gasteiger partial charge in [0.1, 0.15) is 5.75 Å². The minimum Gasteiger partial charge on any atom is -0.497 e. The summed E-state index contributed by atoms with van der Waals surface area (Å²) in [7, 11) is -2.20. The van der Waals surface area contributed by atoms with E-state index < -0.39 is 10.0 Å². The first-order chi connectivity index (χ1) is 18.9. The van der Waals surface area contributed by atoms with Crippen LogP contribution in [0.5, 0.6) is 5.75 Å². The number of halogens is 2. The Bertz CT molecular complexity index is 1470. The number of alkyl halides is 2. The zero-order valence-electron chi connectivity index (χ0n) is 20.9. The molecule has 0 radical (unpaired) electrons. The van der Waals surface area contributed by atoms with E-state index in [-0.39, 0.29) is 4.90 Å². The minimum absolute atomic E-state index is 0.144. The Morgan fingerprint density at radius 3 is 2.18 bits per heavy atom. The fourth-order valence-corrected chi connectivity index (χ4v) is 5.68. The van der Waals surface area contributed by atoms with E-state index in [9.17, 15) is 8.42 Å². The molecule has 0 saturated carbocycles. The van der Waals surface area contributed by atoms with Gasteiger partial charge in [0, 0.05) is 47.2 Å². The van der Waals surface area contributed by atoms with Crippen molar-refractivity contribution in [2.75, 3.05) is 47.0 Å². The van der Waals surface area contributed by atoms with Crippen molar-refractivity contribution in [3.63, 3.8) is 0 Å². The molecule has 0 fully saturated rings. The molecule has 0 aliphatic heterocycles. The first kappa shape index (κ1) is 28.6. The Morgan fingerprint density at radius 2 is 1.56 bits per heavy atom. The molecule has 204 valence electrons. The fourth-order valence-electron chi connectivity index (χ4n) is 3.57. The number of nitrogens with zero attached hydrogens (tertiary/aromatic N) is 4. The Balaban J connectivity index is 1.34. The first-order valence-electron chi connectivity index (χ1n) is 11.8. The summed E-state index contributed by atoms with van der Waals surface area (Å²) >= 11 is 13.1. The second kappa shape index (κ2) is 13.6. The van der Waals surface area contributed by atoms with E-state index in [4.69, 9.17) is 27.9 Å². The monoisotopic (exact) mass is 604 g/mol. The molecule has 2 N–H and O–H groups in total. The highest BCUT2D eigenvalue weighted by atomic mass is 35.5. The van der Waals surface area contributed by atoms with Crippen molar-refractivity contribution < 1.29 is 13.2 Å². The van der Waals surface area contributed by atoms with Crippen LogP contribution in [0.2, 0.25) is 0 Å². The summed E-state index contributed by atoms with van der Waals surface area (Å²) in [5.41, 5.74) is 6.68. The molecule has 0 unspecified atom stereocenters. The normalized spacial score (nSPS) is 11.5. The summed E-state index contributed by atoms with van der Waals surface area (Å²) in [6, 6.07) is 20.9. The van der Waals surface area contributed by atoms with Crippen LogP contribution in [-0.2, 0) is 10.0 Å². The predicted molar refractivity (Wildman–Crippen MR) is 160 cm³/mol. The van der Waals surface area contributed by atoms with Gasteiger partial charge < -0.3 is 9.64 Å². The van der Waals surface area contributed by atoms with Gasteiger partial charge in [-0.15, -0.1) is 39.7 Å². The highest BCUT2D eigenvalue weighted by Crippen LogP contribution is 2.29. The van der Waals surface area contributed by atoms with E-state index in [1.807, 2.05) is 29.6 Å². The highest BCUT2D eigenvalue weighted by Gasteiger charge is 2.14. The largest absolute Gasteiger partial charge is 0.497 e. The van der Waals surface area contributed by atoms with E-state index in [2.05, 4.69) is 30.4 Å². The van der Waals surface area contributed by atoms with Gasteiger partial charge in [-0.3, -0.25) is 10.1 Å². The maximum Gasteiger partial charge on any atom is 0.261 e. The molecule has 0 saturated heterocycles. The lowest BCUT2D eigenvalue weighted by molar-refractivity contribution is 0.414. The van der Waals surface area contributed by atoms with Crippen molar-refractivity contribution >= 4 is 66.8 Å². The maximum absolute atomic E-state index is 12.7. The number of hydrogen-bond donors (Lipinski definition) is 2. The zero-order valence-corrected chi connectivity index (χ0v) is 24.1. The zero-order chi connectivity index (χ0) is 27.7. The van der Waals surface area contributed by atoms with Crippen LogP contribution in [0.1, 0.15) is 0 Å². The van der Waals surface area contributed by atoms with Crippen molar-refractivity contribution in [2.45, 2.75) is 4.90 Å². The molecule has 0 atom stereocenters. The number of anilines is 3. The van der Waals surface area contributed by atoms with Crippen molar-refractivity contribution in [3.05, 3.63) is 78.2 Å². The molecule has 0 aliphatic carbocycles. The van der Waals surface area contributed by atoms with Crippen LogP contribution in [0.3, 0.4) is 0 Å². The van der Waals surface area contributed by atoms with E-state index in [1.54, 1.807) is 36.4 Å². The molecule has 0 aliphatic rings. The number of aromatic nitrogens is 1. The van der Waals surface area contributed by atoms with E-state index >= 15 is 0 Å². The average molecular weight is 606 g/mol. The van der Waals surface area contributed by atoms with Crippen molar-refractivity contribution in [1.82, 2.24) is 4.98 Å². The standard InChI is InChI=1S/C26H26Cl2N6O3S2/c1-37-23-10-12-24(13-11-23)39(35,36)32-21-4-2-19(3-5-21)25-18-38-26(29-25)31-33-30-20-6-8-22(9-7-20)34(16-14-27)17-15-28/h2-13,18,32H,14-17H2,1H3,(H,29,30,31). The van der Waals surface area contributed by atoms with E-state index in [0.29, 0.717) is 34.0 Å². The molecule has 1 heterocycles. The molecule has 39 heavy (non-hydrogen) atoms. The van der Waals surface area contributed by atoms with Gasteiger partial charge >= 0.3 is 0 Å². The number of sulfonamides is 1. The first-order valence-corrected chi connectivity index (χ1v) is 15.2. The van der Waals surface area contributed by atoms with Gasteiger partial charge in [0.15, 0.2) is 0 Å². The van der Waals surface area contributed by atoms with Crippen LogP contribution in [0.15, 0.2) is 93.4 Å². The lowest BCUT2D eigenvalue weighted by Gasteiger charge is -2.22. The number of hydrogen-bond acceptors (Lipinski definition) is 8. The summed E-state index contributed by atoms with van der Waals surface area (Å²) in [5, 5.41) is 10.5. The van der Waals surface area contributed by atoms with Crippen LogP contribution in [-0.4, -0.2) is 45.4 Å². The number of ether oxygens (including phenoxy) is 1. The second-order valence-corrected chi connectivity index (χ2v) is 11.4. The number of thiazole rings is 1. The summed E-state index contributed by atoms with van der Waals surface area (Å²) in [5.74, 6) is 1.63. The van der Waals surface area contributed by atoms with Crippen LogP contribution >= 0.6 is 34.5 Å². The third kappa shape index (κ3) is 7.82. The Kier molecular flexibility index (Phi) is 9.99. The minimum atomic E-state index is -3.72. The van der Waals surface area contributed by atoms with Gasteiger partial charge in [-0.25, -0.2) is 13.4 Å². The summed E-state index contributed by atoms with van der Waals surface area (Å²) in [4.78, 5) is 6.75. The average Bonchev–Trinajstić information content (AvgIpc) is 3.42. The van der Waals surface area contributed by atoms with Gasteiger partial charge in [0.2, 0.25) is 5.13 Å². The van der Waals surface area contributed by atoms with Crippen molar-refractivity contribution in [1.29, 1.82) is 0 Å². The van der Waals surface area contributed by atoms with Crippen molar-refractivity contribution in [3.8, 4) is 17.0 Å². The number of benzene rings is 3. The quantitative estimate of drug-likeness (QED) is 0.0964. The third-order valence-electron chi connectivity index (χ3n) is 5.55.